The van der Waals surface area contributed by atoms with Crippen LogP contribution in [0.25, 0.3) is 0 Å². The van der Waals surface area contributed by atoms with Gasteiger partial charge in [0.05, 0.1) is 13.2 Å². The van der Waals surface area contributed by atoms with E-state index in [2.05, 4.69) is 22.2 Å². The third-order valence-corrected chi connectivity index (χ3v) is 7.86. The average Bonchev–Trinajstić information content (AvgIpc) is 2.88. The van der Waals surface area contributed by atoms with Crippen LogP contribution in [0.4, 0.5) is 0 Å². The average molecular weight is 661 g/mol. The van der Waals surface area contributed by atoms with Crippen molar-refractivity contribution < 1.29 is 93.4 Å². The molecule has 0 saturated carbocycles. The van der Waals surface area contributed by atoms with Gasteiger partial charge in [0.1, 0.15) is 0 Å². The van der Waals surface area contributed by atoms with E-state index in [9.17, 15) is 25.9 Å². The van der Waals surface area contributed by atoms with Gasteiger partial charge in [-0.1, -0.05) is 168 Å². The van der Waals surface area contributed by atoms with Crippen molar-refractivity contribution in [2.75, 3.05) is 13.2 Å². The van der Waals surface area contributed by atoms with Crippen molar-refractivity contribution in [1.82, 2.24) is 0 Å². The Kier molecular flexibility index (Phi) is 46.9. The van der Waals surface area contributed by atoms with Crippen LogP contribution < -0.4 is 59.1 Å². The molecule has 0 rings (SSSR count). The molecule has 0 aliphatic carbocycles. The standard InChI is InChI=1S/C16H34O4S.C14H30O4S.2Na/c1-2-3-4-5-6-7-8-9-10-11-12-13-14-15-16-20-21(17,18)19;1-2-3-4-5-6-7-8-9-10-11-12-13-14-18-19(15,16)17;;/h2-16H2,1H3,(H,17,18,19);2-14H2,1H3,(H,15,16,17);;/q;;2*+1/p-2. The molecule has 0 fully saturated rings. The van der Waals surface area contributed by atoms with Crippen molar-refractivity contribution in [1.29, 1.82) is 0 Å². The van der Waals surface area contributed by atoms with E-state index in [4.69, 9.17) is 0 Å². The van der Waals surface area contributed by atoms with E-state index in [1.54, 1.807) is 0 Å². The number of unbranched alkanes of at least 4 members (excludes halogenated alkanes) is 24. The molecule has 0 bridgehead atoms. The van der Waals surface area contributed by atoms with Gasteiger partial charge in [-0.15, -0.1) is 0 Å². The van der Waals surface area contributed by atoms with Crippen LogP contribution >= 0.6 is 0 Å². The molecule has 244 valence electrons. The molecule has 12 heteroatoms. The molecule has 8 nitrogen and oxygen atoms in total. The Morgan fingerprint density at radius 3 is 0.690 bits per heavy atom. The fourth-order valence-corrected chi connectivity index (χ4v) is 5.21. The summed E-state index contributed by atoms with van der Waals surface area (Å²) in [6.45, 7) is 4.55. The Morgan fingerprint density at radius 2 is 0.524 bits per heavy atom. The molecule has 0 amide bonds. The van der Waals surface area contributed by atoms with Crippen LogP contribution in [0.5, 0.6) is 0 Å². The molecule has 0 N–H and O–H groups in total. The third-order valence-electron chi connectivity index (χ3n) is 6.95. The predicted octanol–water partition coefficient (Wildman–Crippen LogP) is 3.12. The molecule has 0 heterocycles. The van der Waals surface area contributed by atoms with Gasteiger partial charge in [-0.2, -0.15) is 0 Å². The predicted molar refractivity (Wildman–Crippen MR) is 163 cm³/mol. The first-order chi connectivity index (χ1) is 19.1. The molecule has 0 spiro atoms. The minimum Gasteiger partial charge on any atom is -0.726 e. The summed E-state index contributed by atoms with van der Waals surface area (Å²) < 4.78 is 69.3. The van der Waals surface area contributed by atoms with Gasteiger partial charge in [0.25, 0.3) is 0 Å². The monoisotopic (exact) mass is 660 g/mol. The van der Waals surface area contributed by atoms with E-state index >= 15 is 0 Å². The summed E-state index contributed by atoms with van der Waals surface area (Å²) in [4.78, 5) is 0. The third kappa shape index (κ3) is 54.2. The minimum absolute atomic E-state index is 0. The van der Waals surface area contributed by atoms with Gasteiger partial charge in [-0.25, -0.2) is 16.8 Å². The molecule has 0 aromatic carbocycles. The van der Waals surface area contributed by atoms with Gasteiger partial charge in [0, 0.05) is 0 Å². The molecule has 0 saturated heterocycles. The van der Waals surface area contributed by atoms with Crippen molar-refractivity contribution in [2.24, 2.45) is 0 Å². The number of hydrogen-bond acceptors (Lipinski definition) is 8. The smallest absolute Gasteiger partial charge is 0.726 e. The molecule has 0 aliphatic heterocycles. The first-order valence-electron chi connectivity index (χ1n) is 16.3. The maximum absolute atomic E-state index is 10.2. The zero-order valence-electron chi connectivity index (χ0n) is 27.9. The first kappa shape index (κ1) is 50.6. The largest absolute Gasteiger partial charge is 1.00 e. The Morgan fingerprint density at radius 1 is 0.357 bits per heavy atom. The molecular formula is C30H62Na2O8S2. The molecular weight excluding hydrogens is 598 g/mol. The van der Waals surface area contributed by atoms with Crippen LogP contribution in [-0.4, -0.2) is 39.2 Å². The molecule has 42 heavy (non-hydrogen) atoms. The van der Waals surface area contributed by atoms with Crippen molar-refractivity contribution in [3.05, 3.63) is 0 Å². The van der Waals surface area contributed by atoms with E-state index in [-0.39, 0.29) is 72.3 Å². The van der Waals surface area contributed by atoms with Crippen LogP contribution in [0.2, 0.25) is 0 Å². The summed E-state index contributed by atoms with van der Waals surface area (Å²) in [6.07, 6.45) is 32.0. The van der Waals surface area contributed by atoms with Gasteiger partial charge in [-0.05, 0) is 12.8 Å². The van der Waals surface area contributed by atoms with Crippen molar-refractivity contribution in [3.8, 4) is 0 Å². The SMILES string of the molecule is CCCCCCCCCCCCCCCCOS(=O)(=O)[O-].CCCCCCCCCCCCCCOS(=O)(=O)[O-].[Na+].[Na+]. The summed E-state index contributed by atoms with van der Waals surface area (Å²) in [5.41, 5.74) is 0. The van der Waals surface area contributed by atoms with Crippen LogP contribution in [0, 0.1) is 0 Å². The van der Waals surface area contributed by atoms with Crippen LogP contribution in [0.1, 0.15) is 181 Å². The van der Waals surface area contributed by atoms with Gasteiger partial charge in [-0.3, -0.25) is 8.37 Å². The normalized spacial score (nSPS) is 11.3. The van der Waals surface area contributed by atoms with E-state index in [0.717, 1.165) is 25.7 Å². The molecule has 0 radical (unpaired) electrons. The van der Waals surface area contributed by atoms with E-state index in [0.29, 0.717) is 12.8 Å². The second-order valence-electron chi connectivity index (χ2n) is 10.9. The fraction of sp³-hybridized carbons (Fsp3) is 1.00. The van der Waals surface area contributed by atoms with Gasteiger partial charge in [0.2, 0.25) is 20.8 Å². The molecule has 0 aromatic heterocycles. The maximum Gasteiger partial charge on any atom is 1.00 e. The van der Waals surface area contributed by atoms with Crippen LogP contribution in [-0.2, 0) is 29.2 Å². The summed E-state index contributed by atoms with van der Waals surface area (Å²) in [5, 5.41) is 0. The van der Waals surface area contributed by atoms with Crippen LogP contribution in [0.3, 0.4) is 0 Å². The van der Waals surface area contributed by atoms with Crippen molar-refractivity contribution in [2.45, 2.75) is 181 Å². The summed E-state index contributed by atoms with van der Waals surface area (Å²) in [5.74, 6) is 0. The summed E-state index contributed by atoms with van der Waals surface area (Å²) in [7, 11) is -8.98. The Labute approximate surface area is 305 Å². The fourth-order valence-electron chi connectivity index (χ4n) is 4.56. The Bertz CT molecular complexity index is 708. The molecule has 0 aliphatic rings. The van der Waals surface area contributed by atoms with Crippen molar-refractivity contribution >= 4 is 20.8 Å². The maximum atomic E-state index is 10.2. The topological polar surface area (TPSA) is 133 Å². The molecule has 0 unspecified atom stereocenters. The summed E-state index contributed by atoms with van der Waals surface area (Å²) in [6, 6.07) is 0. The van der Waals surface area contributed by atoms with Gasteiger partial charge in [0.15, 0.2) is 0 Å². The molecule has 0 aromatic rings. The number of hydrogen-bond donors (Lipinski definition) is 0. The zero-order valence-corrected chi connectivity index (χ0v) is 33.5. The van der Waals surface area contributed by atoms with Gasteiger partial charge >= 0.3 is 59.1 Å². The van der Waals surface area contributed by atoms with E-state index in [1.807, 2.05) is 0 Å². The summed E-state index contributed by atoms with van der Waals surface area (Å²) >= 11 is 0. The number of rotatable bonds is 30. The van der Waals surface area contributed by atoms with E-state index < -0.39 is 20.8 Å². The zero-order chi connectivity index (χ0) is 30.2. The van der Waals surface area contributed by atoms with Gasteiger partial charge < -0.3 is 9.11 Å². The minimum atomic E-state index is -4.49. The van der Waals surface area contributed by atoms with E-state index in [1.165, 1.54) is 128 Å². The van der Waals surface area contributed by atoms with Crippen molar-refractivity contribution in [3.63, 3.8) is 0 Å². The Balaban J connectivity index is -0.000000330. The first-order valence-corrected chi connectivity index (χ1v) is 19.0. The second kappa shape index (κ2) is 38.9. The van der Waals surface area contributed by atoms with Crippen LogP contribution in [0.15, 0.2) is 0 Å². The molecule has 0 atom stereocenters. The Hall–Kier alpha value is 1.74. The quantitative estimate of drug-likeness (QED) is 0.0497. The second-order valence-corrected chi connectivity index (χ2v) is 13.1.